The Morgan fingerprint density at radius 1 is 1.67 bits per heavy atom. The van der Waals surface area contributed by atoms with Crippen molar-refractivity contribution in [2.75, 3.05) is 0 Å². The number of aromatic amines is 1. The van der Waals surface area contributed by atoms with Crippen LogP contribution in [0.1, 0.15) is 10.5 Å². The predicted octanol–water partition coefficient (Wildman–Crippen LogP) is -0.624. The molecule has 0 aromatic carbocycles. The molecule has 1 N–H and O–H groups in total. The molecule has 0 radical (unpaired) electrons. The van der Waals surface area contributed by atoms with Crippen LogP contribution >= 0.6 is 0 Å². The molecule has 0 atom stereocenters. The second kappa shape index (κ2) is 3.50. The van der Waals surface area contributed by atoms with Gasteiger partial charge >= 0.3 is 22.4 Å². The summed E-state index contributed by atoms with van der Waals surface area (Å²) in [6, 6.07) is 3.04. The number of carboxylic acids is 1. The third-order valence-electron chi connectivity index (χ3n) is 0.818. The first-order chi connectivity index (χ1) is 3.80. The van der Waals surface area contributed by atoms with Crippen molar-refractivity contribution in [2.45, 2.75) is 0 Å². The van der Waals surface area contributed by atoms with Crippen LogP contribution in [-0.2, 0) is 22.4 Å². The molecule has 0 aliphatic rings. The number of nitrogens with one attached hydrogen (secondary N) is 1. The normalized spacial score (nSPS) is 8.00. The third kappa shape index (κ3) is 2.05. The second-order valence-corrected chi connectivity index (χ2v) is 1.37. The number of carboxylic acid groups (broad SMARTS) is 1. The number of H-pyrrole nitrogens is 1. The van der Waals surface area contributed by atoms with Gasteiger partial charge in [-0.05, 0) is 12.1 Å². The molecule has 9 heavy (non-hydrogen) atoms. The fourth-order valence-electron chi connectivity index (χ4n) is 0.457. The molecule has 1 heterocycles. The van der Waals surface area contributed by atoms with Crippen molar-refractivity contribution in [3.05, 3.63) is 24.0 Å². The number of carbonyl (C=O) groups excluding carboxylic acids is 1. The Balaban J connectivity index is 0.000000640. The molecule has 52 valence electrons. The molecule has 0 saturated heterocycles. The van der Waals surface area contributed by atoms with Gasteiger partial charge < -0.3 is 14.9 Å². The van der Waals surface area contributed by atoms with E-state index in [1.807, 2.05) is 0 Å². The molecule has 0 bridgehead atoms. The Morgan fingerprint density at radius 2 is 2.33 bits per heavy atom. The van der Waals surface area contributed by atoms with Gasteiger partial charge in [-0.25, -0.2) is 0 Å². The van der Waals surface area contributed by atoms with E-state index in [4.69, 9.17) is 0 Å². The van der Waals surface area contributed by atoms with Gasteiger partial charge in [-0.15, -0.1) is 0 Å². The zero-order valence-electron chi connectivity index (χ0n) is 4.35. The molecule has 0 amide bonds. The smallest absolute Gasteiger partial charge is 0.543 e. The molecule has 0 spiro atoms. The van der Waals surface area contributed by atoms with E-state index in [2.05, 4.69) is 4.98 Å². The van der Waals surface area contributed by atoms with E-state index in [1.165, 1.54) is 12.3 Å². The molecular formula is C5H4AgNO2. The summed E-state index contributed by atoms with van der Waals surface area (Å²) in [4.78, 5) is 12.4. The Labute approximate surface area is 67.6 Å². The number of rotatable bonds is 1. The minimum atomic E-state index is -1.17. The van der Waals surface area contributed by atoms with Crippen molar-refractivity contribution in [2.24, 2.45) is 0 Å². The number of hydrogen-bond donors (Lipinski definition) is 1. The topological polar surface area (TPSA) is 55.9 Å². The van der Waals surface area contributed by atoms with Crippen molar-refractivity contribution in [3.63, 3.8) is 0 Å². The zero-order valence-corrected chi connectivity index (χ0v) is 5.83. The summed E-state index contributed by atoms with van der Waals surface area (Å²) in [5, 5.41) is 9.92. The molecule has 0 saturated carbocycles. The van der Waals surface area contributed by atoms with Crippen molar-refractivity contribution in [1.29, 1.82) is 0 Å². The molecule has 0 aliphatic carbocycles. The van der Waals surface area contributed by atoms with Gasteiger partial charge in [0, 0.05) is 6.20 Å². The van der Waals surface area contributed by atoms with Crippen molar-refractivity contribution in [3.8, 4) is 0 Å². The summed E-state index contributed by atoms with van der Waals surface area (Å²) in [7, 11) is 0. The van der Waals surface area contributed by atoms with Crippen LogP contribution in [0, 0.1) is 0 Å². The fraction of sp³-hybridized carbons (Fsp3) is 0. The van der Waals surface area contributed by atoms with E-state index in [9.17, 15) is 9.90 Å². The molecule has 1 rings (SSSR count). The quantitative estimate of drug-likeness (QED) is 0.638. The van der Waals surface area contributed by atoms with E-state index in [-0.39, 0.29) is 28.1 Å². The molecule has 3 nitrogen and oxygen atoms in total. The van der Waals surface area contributed by atoms with Crippen molar-refractivity contribution >= 4 is 5.97 Å². The fourth-order valence-corrected chi connectivity index (χ4v) is 0.457. The Hall–Kier alpha value is -0.510. The number of aromatic nitrogens is 1. The number of carbonyl (C=O) groups is 1. The van der Waals surface area contributed by atoms with Gasteiger partial charge in [-0.2, -0.15) is 0 Å². The van der Waals surface area contributed by atoms with Crippen LogP contribution < -0.4 is 5.11 Å². The van der Waals surface area contributed by atoms with E-state index < -0.39 is 5.97 Å². The van der Waals surface area contributed by atoms with Gasteiger partial charge in [0.1, 0.15) is 0 Å². The molecule has 4 heteroatoms. The van der Waals surface area contributed by atoms with Gasteiger partial charge in [-0.1, -0.05) is 0 Å². The molecule has 0 fully saturated rings. The second-order valence-electron chi connectivity index (χ2n) is 1.37. The Kier molecular flexibility index (Phi) is 3.30. The van der Waals surface area contributed by atoms with Gasteiger partial charge in [0.05, 0.1) is 11.7 Å². The van der Waals surface area contributed by atoms with Crippen molar-refractivity contribution in [1.82, 2.24) is 4.98 Å². The van der Waals surface area contributed by atoms with E-state index in [0.29, 0.717) is 0 Å². The summed E-state index contributed by atoms with van der Waals surface area (Å²) < 4.78 is 0. The minimum Gasteiger partial charge on any atom is -0.543 e. The van der Waals surface area contributed by atoms with Crippen molar-refractivity contribution < 1.29 is 32.3 Å². The number of hydrogen-bond acceptors (Lipinski definition) is 2. The van der Waals surface area contributed by atoms with Crippen LogP contribution in [0.25, 0.3) is 0 Å². The Morgan fingerprint density at radius 3 is 2.56 bits per heavy atom. The van der Waals surface area contributed by atoms with Crippen LogP contribution in [0.3, 0.4) is 0 Å². The maximum Gasteiger partial charge on any atom is 1.00 e. The third-order valence-corrected chi connectivity index (χ3v) is 0.818. The molecule has 1 aromatic rings. The maximum atomic E-state index is 9.92. The average Bonchev–Trinajstić information content (AvgIpc) is 2.12. The van der Waals surface area contributed by atoms with E-state index in [1.54, 1.807) is 6.07 Å². The first-order valence-corrected chi connectivity index (χ1v) is 2.15. The minimum absolute atomic E-state index is 0. The van der Waals surface area contributed by atoms with Crippen LogP contribution in [0.4, 0.5) is 0 Å². The summed E-state index contributed by atoms with van der Waals surface area (Å²) in [6.45, 7) is 0. The van der Waals surface area contributed by atoms with Crippen LogP contribution in [-0.4, -0.2) is 11.0 Å². The molecule has 1 aromatic heterocycles. The molecule has 0 unspecified atom stereocenters. The van der Waals surface area contributed by atoms with Crippen LogP contribution in [0.5, 0.6) is 0 Å². The largest absolute Gasteiger partial charge is 1.00 e. The first-order valence-electron chi connectivity index (χ1n) is 2.15. The summed E-state index contributed by atoms with van der Waals surface area (Å²) in [5.41, 5.74) is 0.116. The summed E-state index contributed by atoms with van der Waals surface area (Å²) >= 11 is 0. The zero-order chi connectivity index (χ0) is 5.98. The van der Waals surface area contributed by atoms with E-state index >= 15 is 0 Å². The maximum absolute atomic E-state index is 9.92. The monoisotopic (exact) mass is 217 g/mol. The Bertz CT molecular complexity index is 183. The van der Waals surface area contributed by atoms with Gasteiger partial charge in [0.25, 0.3) is 0 Å². The molecular weight excluding hydrogens is 214 g/mol. The van der Waals surface area contributed by atoms with Gasteiger partial charge in [-0.3, -0.25) is 0 Å². The standard InChI is InChI=1S/C5H5NO2.Ag/c7-5(8)4-2-1-3-6-4;/h1-3,6H,(H,7,8);/q;+1/p-1. The van der Waals surface area contributed by atoms with Crippen LogP contribution in [0.2, 0.25) is 0 Å². The van der Waals surface area contributed by atoms with Crippen LogP contribution in [0.15, 0.2) is 18.3 Å². The molecule has 0 aliphatic heterocycles. The first kappa shape index (κ1) is 8.49. The SMILES string of the molecule is O=C([O-])c1ccc[nH]1.[Ag+]. The van der Waals surface area contributed by atoms with Gasteiger partial charge in [0.2, 0.25) is 0 Å². The summed E-state index contributed by atoms with van der Waals surface area (Å²) in [6.07, 6.45) is 1.53. The average molecular weight is 218 g/mol. The van der Waals surface area contributed by atoms with Gasteiger partial charge in [0.15, 0.2) is 0 Å². The predicted molar refractivity (Wildman–Crippen MR) is 25.1 cm³/mol. The summed E-state index contributed by atoms with van der Waals surface area (Å²) in [5.74, 6) is -1.17. The van der Waals surface area contributed by atoms with E-state index in [0.717, 1.165) is 0 Å². The number of aromatic carboxylic acids is 1.